The topological polar surface area (TPSA) is 77.3 Å². The van der Waals surface area contributed by atoms with Crippen LogP contribution in [0.25, 0.3) is 201 Å². The van der Waals surface area contributed by atoms with Gasteiger partial charge in [-0.15, -0.1) is 0 Å². The van der Waals surface area contributed by atoms with E-state index in [1.165, 1.54) is 192 Å². The smallest absolute Gasteiger partial charge is 0.116 e. The molecule has 0 N–H and O–H groups in total. The van der Waals surface area contributed by atoms with Crippen molar-refractivity contribution in [1.29, 1.82) is 0 Å². The van der Waals surface area contributed by atoms with Crippen molar-refractivity contribution >= 4 is 0 Å². The number of pyridine rings is 4. The summed E-state index contributed by atoms with van der Waals surface area (Å²) in [6, 6.07) is 134. The van der Waals surface area contributed by atoms with Crippen LogP contribution in [-0.2, 0) is 0 Å². The van der Waals surface area contributed by atoms with E-state index in [4.69, 9.17) is 29.9 Å². The Morgan fingerprint density at radius 2 is 0.322 bits per heavy atom. The number of hydrogen-bond donors (Lipinski definition) is 0. The van der Waals surface area contributed by atoms with E-state index in [1.54, 1.807) is 6.33 Å². The average molecular weight is 1890 g/mol. The lowest BCUT2D eigenvalue weighted by atomic mass is 9.82. The third-order valence-corrected chi connectivity index (χ3v) is 36.1. The Hall–Kier alpha value is -15.2. The van der Waals surface area contributed by atoms with Crippen LogP contribution in [0, 0.1) is 75.0 Å². The fourth-order valence-corrected chi connectivity index (χ4v) is 28.7. The van der Waals surface area contributed by atoms with Crippen molar-refractivity contribution in [1.82, 2.24) is 29.9 Å². The molecule has 0 spiro atoms. The molecule has 27 rings (SSSR count). The van der Waals surface area contributed by atoms with Gasteiger partial charge in [0, 0.05) is 58.2 Å². The first-order valence-corrected chi connectivity index (χ1v) is 54.1. The number of hydrogen-bond acceptors (Lipinski definition) is 6. The van der Waals surface area contributed by atoms with Crippen molar-refractivity contribution in [3.8, 4) is 201 Å². The fraction of sp³-hybridized carbons (Fsp3) is 0.229. The maximum atomic E-state index is 5.17. The molecule has 6 nitrogen and oxygen atoms in total. The highest BCUT2D eigenvalue weighted by Gasteiger charge is 2.45. The third-order valence-electron chi connectivity index (χ3n) is 36.1. The summed E-state index contributed by atoms with van der Waals surface area (Å²) in [5, 5.41) is 0. The summed E-state index contributed by atoms with van der Waals surface area (Å²) >= 11 is 0. The Balaban J connectivity index is 0.495. The van der Waals surface area contributed by atoms with Crippen LogP contribution in [0.1, 0.15) is 171 Å². The summed E-state index contributed by atoms with van der Waals surface area (Å²) in [5.74, 6) is 9.45. The number of aromatic nitrogens is 6. The maximum absolute atomic E-state index is 5.17. The summed E-state index contributed by atoms with van der Waals surface area (Å²) in [6.45, 7) is 9.21. The van der Waals surface area contributed by atoms with Gasteiger partial charge in [0.1, 0.15) is 6.33 Å². The van der Waals surface area contributed by atoms with Crippen molar-refractivity contribution in [2.45, 2.75) is 154 Å². The van der Waals surface area contributed by atoms with Crippen molar-refractivity contribution in [3.63, 3.8) is 0 Å². The van der Waals surface area contributed by atoms with Crippen molar-refractivity contribution < 1.29 is 0 Å². The van der Waals surface area contributed by atoms with Gasteiger partial charge in [0.15, 0.2) is 0 Å². The highest BCUT2D eigenvalue weighted by atomic mass is 14.8. The minimum atomic E-state index is 0.653. The number of aryl methyl sites for hydroxylation is 4. The van der Waals surface area contributed by atoms with Crippen LogP contribution < -0.4 is 0 Å². The SMILES string of the molecule is Cc1cc(-c2ccc(-c3ccccc3-c3cc(-c4ccccc4-c4ccc(-c5cc(-c6ccc(-c7ccccc7-c7cc(-c8ccccc8-c8ccc(-c9cc(C)c(C%10CC%11CCC%10C%11)cn9)cc8)cc(-c8ccccc8-c8ccc(-c9cc(C)c(C%10CC%11CCC%10C%11)cn9)cc8)c7)cc6)ncn5)cc4)cc(-c4ccccc4-c4ccc(-c5cc(C)c(C6CC7CCC6C7)cn5)cc4)c3)cc2)ncc1C1CC2CCC1C2. The van der Waals surface area contributed by atoms with Crippen LogP contribution in [0.4, 0.5) is 0 Å². The number of rotatable bonds is 22. The molecule has 8 aliphatic carbocycles. The fourth-order valence-electron chi connectivity index (χ4n) is 28.7. The van der Waals surface area contributed by atoms with Gasteiger partial charge in [-0.3, -0.25) is 19.9 Å². The van der Waals surface area contributed by atoms with Gasteiger partial charge in [-0.2, -0.15) is 0 Å². The molecule has 8 bridgehead atoms. The Kier molecular flexibility index (Phi) is 23.2. The Morgan fingerprint density at radius 1 is 0.158 bits per heavy atom. The molecule has 710 valence electrons. The molecule has 8 saturated carbocycles. The first-order valence-electron chi connectivity index (χ1n) is 54.1. The van der Waals surface area contributed by atoms with Crippen molar-refractivity contribution in [2.24, 2.45) is 47.3 Å². The molecule has 19 aromatic rings. The van der Waals surface area contributed by atoms with E-state index >= 15 is 0 Å². The highest BCUT2D eigenvalue weighted by molar-refractivity contribution is 5.98. The molecule has 146 heavy (non-hydrogen) atoms. The van der Waals surface area contributed by atoms with Gasteiger partial charge < -0.3 is 0 Å². The summed E-state index contributed by atoms with van der Waals surface area (Å²) in [6.07, 6.45) is 32.5. The van der Waals surface area contributed by atoms with E-state index in [0.717, 1.165) is 204 Å². The monoisotopic (exact) mass is 1880 g/mol. The van der Waals surface area contributed by atoms with E-state index in [1.807, 2.05) is 0 Å². The second-order valence-electron chi connectivity index (χ2n) is 44.5. The third kappa shape index (κ3) is 16.9. The van der Waals surface area contributed by atoms with Crippen LogP contribution >= 0.6 is 0 Å². The molecular formula is C140H120N6. The van der Waals surface area contributed by atoms with Gasteiger partial charge in [0.25, 0.3) is 0 Å². The molecule has 6 heteroatoms. The van der Waals surface area contributed by atoms with Gasteiger partial charge >= 0.3 is 0 Å². The minimum absolute atomic E-state index is 0.653. The van der Waals surface area contributed by atoms with Crippen molar-refractivity contribution in [2.75, 3.05) is 0 Å². The van der Waals surface area contributed by atoms with Crippen LogP contribution in [0.5, 0.6) is 0 Å². The molecule has 0 aliphatic heterocycles. The summed E-state index contributed by atoms with van der Waals surface area (Å²) in [5.41, 5.74) is 51.3. The van der Waals surface area contributed by atoms with Crippen LogP contribution in [0.3, 0.4) is 0 Å². The quantitative estimate of drug-likeness (QED) is 0.0673. The summed E-state index contributed by atoms with van der Waals surface area (Å²) in [7, 11) is 0. The second-order valence-corrected chi connectivity index (χ2v) is 44.5. The molecule has 5 heterocycles. The van der Waals surface area contributed by atoms with E-state index in [0.29, 0.717) is 23.7 Å². The lowest BCUT2D eigenvalue weighted by molar-refractivity contribution is 0.418. The first-order chi connectivity index (χ1) is 71.9. The number of fused-ring (bicyclic) bond motifs is 8. The summed E-state index contributed by atoms with van der Waals surface area (Å²) < 4.78 is 0. The Bertz CT molecular complexity index is 7390. The van der Waals surface area contributed by atoms with E-state index < -0.39 is 0 Å². The van der Waals surface area contributed by atoms with Gasteiger partial charge in [0.05, 0.1) is 34.2 Å². The predicted molar refractivity (Wildman–Crippen MR) is 603 cm³/mol. The normalized spacial score (nSPS) is 20.8. The Labute approximate surface area is 859 Å². The zero-order chi connectivity index (χ0) is 97.1. The molecule has 5 aromatic heterocycles. The Morgan fingerprint density at radius 3 is 0.479 bits per heavy atom. The molecule has 12 unspecified atom stereocenters. The van der Waals surface area contributed by atoms with E-state index in [9.17, 15) is 0 Å². The molecule has 14 aromatic carbocycles. The lowest BCUT2D eigenvalue weighted by Crippen LogP contribution is -2.10. The van der Waals surface area contributed by atoms with Gasteiger partial charge in [0.2, 0.25) is 0 Å². The zero-order valence-electron chi connectivity index (χ0n) is 83.9. The minimum Gasteiger partial charge on any atom is -0.256 e. The molecule has 0 saturated heterocycles. The van der Waals surface area contributed by atoms with E-state index in [2.05, 4.69) is 410 Å². The molecule has 8 fully saturated rings. The van der Waals surface area contributed by atoms with Crippen LogP contribution in [0.15, 0.2) is 389 Å². The predicted octanol–water partition coefficient (Wildman–Crippen LogP) is 36.9. The average Bonchev–Trinajstić information content (AvgIpc) is 1.72. The van der Waals surface area contributed by atoms with Gasteiger partial charge in [-0.1, -0.05) is 317 Å². The van der Waals surface area contributed by atoms with Crippen molar-refractivity contribution in [3.05, 3.63) is 434 Å². The largest absolute Gasteiger partial charge is 0.256 e. The van der Waals surface area contributed by atoms with Crippen LogP contribution in [0.2, 0.25) is 0 Å². The molecule has 0 amide bonds. The highest BCUT2D eigenvalue weighted by Crippen LogP contribution is 2.59. The molecule has 0 radical (unpaired) electrons. The first kappa shape index (κ1) is 89.6. The second kappa shape index (κ2) is 37.7. The maximum Gasteiger partial charge on any atom is 0.116 e. The summed E-state index contributed by atoms with van der Waals surface area (Å²) in [4.78, 5) is 30.7. The molecular weight excluding hydrogens is 1770 g/mol. The number of nitrogens with zero attached hydrogens (tertiary/aromatic N) is 6. The number of benzene rings is 14. The lowest BCUT2D eigenvalue weighted by Gasteiger charge is -2.23. The molecule has 12 atom stereocenters. The van der Waals surface area contributed by atoms with Crippen LogP contribution in [-0.4, -0.2) is 29.9 Å². The standard InChI is InChI=1S/C140H120N6/c1-85-61-135(141-80-131(85)127-69-89-29-33-105(127)65-89)99-49-37-93(38-50-99)115-17-5-11-23-121(115)109-73-110(122-24-12-6-18-116(122)94-39-51-100(52-40-94)136-62-86(2)132(81-142-136)128-70-90-30-34-106(128)66-90)76-113(75-109)125-27-15-9-21-119(125)97-45-57-103(58-46-97)139-79-140(146-84-145-139)104-59-47-98(48-60-104)120-22-10-16-28-126(120)114-77-111(123-25-13-7-19-117(123)95-41-53-101(54-42-95)137-63-87(3)133(82-143-137)129-71-91-31-35-107(129)67-91)74-112(78-114)124-26-14-8-20-118(124)96-43-55-102(56-44-96)138-64-88(4)134(83-144-138)130-72-92-32-36-108(130)68-92/h5-28,37-64,73-84,89-92,105-108,127-130H,29-36,65-72H2,1-4H3. The van der Waals surface area contributed by atoms with Gasteiger partial charge in [-0.25, -0.2) is 9.97 Å². The van der Waals surface area contributed by atoms with Gasteiger partial charge in [-0.05, 0) is 421 Å². The zero-order valence-corrected chi connectivity index (χ0v) is 83.9. The molecule has 8 aliphatic rings. The van der Waals surface area contributed by atoms with E-state index in [-0.39, 0.29) is 0 Å².